The van der Waals surface area contributed by atoms with E-state index in [4.69, 9.17) is 14.2 Å². The molecule has 6 nitrogen and oxygen atoms in total. The van der Waals surface area contributed by atoms with Crippen LogP contribution in [-0.2, 0) is 4.74 Å². The summed E-state index contributed by atoms with van der Waals surface area (Å²) in [5.74, 6) is 0.236. The Hall–Kier alpha value is -4.06. The number of ketones is 1. The number of phenols is 1. The highest BCUT2D eigenvalue weighted by Gasteiger charge is 2.14. The third-order valence-electron chi connectivity index (χ3n) is 5.22. The van der Waals surface area contributed by atoms with Gasteiger partial charge in [0.25, 0.3) is 0 Å². The normalized spacial score (nSPS) is 10.8. The van der Waals surface area contributed by atoms with Crippen LogP contribution in [-0.4, -0.2) is 37.7 Å². The highest BCUT2D eigenvalue weighted by Crippen LogP contribution is 2.28. The lowest BCUT2D eigenvalue weighted by Crippen LogP contribution is -2.06. The van der Waals surface area contributed by atoms with E-state index in [1.807, 2.05) is 24.3 Å². The molecule has 0 fully saturated rings. The lowest BCUT2D eigenvalue weighted by molar-refractivity contribution is 0.0600. The van der Waals surface area contributed by atoms with Crippen molar-refractivity contribution < 1.29 is 28.9 Å². The Morgan fingerprint density at radius 2 is 1.62 bits per heavy atom. The molecule has 3 rings (SSSR count). The monoisotopic (exact) mass is 460 g/mol. The average Bonchev–Trinajstić information content (AvgIpc) is 2.88. The number of hydrogen-bond acceptors (Lipinski definition) is 6. The maximum Gasteiger partial charge on any atom is 0.337 e. The number of aromatic hydroxyl groups is 1. The third-order valence-corrected chi connectivity index (χ3v) is 5.22. The Labute approximate surface area is 199 Å². The number of benzene rings is 3. The van der Waals surface area contributed by atoms with Gasteiger partial charge in [0.05, 0.1) is 26.4 Å². The van der Waals surface area contributed by atoms with E-state index in [-0.39, 0.29) is 17.1 Å². The molecule has 0 aliphatic rings. The Morgan fingerprint density at radius 3 is 2.32 bits per heavy atom. The van der Waals surface area contributed by atoms with Crippen molar-refractivity contribution in [3.05, 3.63) is 95.1 Å². The summed E-state index contributed by atoms with van der Waals surface area (Å²) in [6, 6.07) is 18.7. The number of carbonyl (C=O) groups excluding carboxylic acids is 2. The molecule has 0 aliphatic carbocycles. The van der Waals surface area contributed by atoms with E-state index < -0.39 is 5.97 Å². The number of esters is 1. The zero-order valence-corrected chi connectivity index (χ0v) is 19.3. The minimum atomic E-state index is -0.516. The second-order valence-electron chi connectivity index (χ2n) is 7.60. The number of allylic oxidation sites excluding steroid dienone is 1. The second-order valence-corrected chi connectivity index (χ2v) is 7.60. The highest BCUT2D eigenvalue weighted by molar-refractivity contribution is 6.10. The minimum Gasteiger partial charge on any atom is -0.504 e. The van der Waals surface area contributed by atoms with Gasteiger partial charge in [-0.05, 0) is 67.3 Å². The van der Waals surface area contributed by atoms with Gasteiger partial charge in [-0.25, -0.2) is 4.79 Å². The predicted octanol–water partition coefficient (Wildman–Crippen LogP) is 5.68. The van der Waals surface area contributed by atoms with Crippen molar-refractivity contribution in [2.75, 3.05) is 20.8 Å². The summed E-state index contributed by atoms with van der Waals surface area (Å²) in [5.41, 5.74) is 2.04. The first kappa shape index (κ1) is 24.6. The molecule has 0 saturated carbocycles. The number of methoxy groups -OCH3 is 2. The van der Waals surface area contributed by atoms with E-state index >= 15 is 0 Å². The summed E-state index contributed by atoms with van der Waals surface area (Å²) in [4.78, 5) is 24.4. The zero-order chi connectivity index (χ0) is 24.3. The summed E-state index contributed by atoms with van der Waals surface area (Å²) >= 11 is 0. The SMILES string of the molecule is COC(=O)c1cccc(C(=O)c2ccc(OCCCCC=Cc3ccc(OC)cc3)c(O)c2)c1. The molecule has 1 N–H and O–H groups in total. The Bertz CT molecular complexity index is 1150. The molecule has 0 bridgehead atoms. The van der Waals surface area contributed by atoms with E-state index in [0.717, 1.165) is 30.6 Å². The summed E-state index contributed by atoms with van der Waals surface area (Å²) in [6.45, 7) is 0.457. The largest absolute Gasteiger partial charge is 0.504 e. The lowest BCUT2D eigenvalue weighted by atomic mass is 10.0. The van der Waals surface area contributed by atoms with Crippen molar-refractivity contribution in [3.63, 3.8) is 0 Å². The molecule has 34 heavy (non-hydrogen) atoms. The van der Waals surface area contributed by atoms with Crippen LogP contribution < -0.4 is 9.47 Å². The molecule has 0 spiro atoms. The van der Waals surface area contributed by atoms with Crippen LogP contribution in [0.25, 0.3) is 6.08 Å². The molecule has 0 saturated heterocycles. The van der Waals surface area contributed by atoms with Gasteiger partial charge in [-0.1, -0.05) is 36.4 Å². The van der Waals surface area contributed by atoms with Crippen molar-refractivity contribution in [1.82, 2.24) is 0 Å². The molecule has 0 unspecified atom stereocenters. The number of hydrogen-bond donors (Lipinski definition) is 1. The van der Waals surface area contributed by atoms with Gasteiger partial charge >= 0.3 is 5.97 Å². The summed E-state index contributed by atoms with van der Waals surface area (Å²) in [7, 11) is 2.93. The quantitative estimate of drug-likeness (QED) is 0.225. The number of carbonyl (C=O) groups is 2. The predicted molar refractivity (Wildman–Crippen MR) is 131 cm³/mol. The maximum atomic E-state index is 12.8. The van der Waals surface area contributed by atoms with Crippen LogP contribution in [0, 0.1) is 0 Å². The highest BCUT2D eigenvalue weighted by atomic mass is 16.5. The van der Waals surface area contributed by atoms with Crippen LogP contribution in [0.1, 0.15) is 51.1 Å². The molecule has 3 aromatic carbocycles. The minimum absolute atomic E-state index is 0.102. The topological polar surface area (TPSA) is 82.1 Å². The van der Waals surface area contributed by atoms with Crippen LogP contribution in [0.3, 0.4) is 0 Å². The number of phenolic OH excluding ortho intramolecular Hbond substituents is 1. The van der Waals surface area contributed by atoms with E-state index in [9.17, 15) is 14.7 Å². The van der Waals surface area contributed by atoms with Crippen LogP contribution >= 0.6 is 0 Å². The van der Waals surface area contributed by atoms with Crippen molar-refractivity contribution in [3.8, 4) is 17.2 Å². The van der Waals surface area contributed by atoms with E-state index in [1.165, 1.54) is 19.2 Å². The van der Waals surface area contributed by atoms with Gasteiger partial charge in [0.1, 0.15) is 5.75 Å². The first-order chi connectivity index (χ1) is 16.5. The van der Waals surface area contributed by atoms with Crippen molar-refractivity contribution in [1.29, 1.82) is 0 Å². The molecular weight excluding hydrogens is 432 g/mol. The van der Waals surface area contributed by atoms with Crippen molar-refractivity contribution >= 4 is 17.8 Å². The fourth-order valence-electron chi connectivity index (χ4n) is 3.33. The second kappa shape index (κ2) is 12.3. The van der Waals surface area contributed by atoms with Crippen molar-refractivity contribution in [2.45, 2.75) is 19.3 Å². The van der Waals surface area contributed by atoms with Gasteiger partial charge < -0.3 is 19.3 Å². The maximum absolute atomic E-state index is 12.8. The first-order valence-electron chi connectivity index (χ1n) is 11.0. The van der Waals surface area contributed by atoms with E-state index in [2.05, 4.69) is 12.2 Å². The van der Waals surface area contributed by atoms with Gasteiger partial charge in [-0.2, -0.15) is 0 Å². The van der Waals surface area contributed by atoms with E-state index in [0.29, 0.717) is 23.5 Å². The van der Waals surface area contributed by atoms with Crippen LogP contribution in [0.2, 0.25) is 0 Å². The average molecular weight is 461 g/mol. The molecule has 0 amide bonds. The Kier molecular flexibility index (Phi) is 8.86. The van der Waals surface area contributed by atoms with E-state index in [1.54, 1.807) is 37.4 Å². The molecule has 0 aromatic heterocycles. The molecule has 6 heteroatoms. The van der Waals surface area contributed by atoms with Crippen LogP contribution in [0.5, 0.6) is 17.2 Å². The van der Waals surface area contributed by atoms with Gasteiger partial charge in [-0.3, -0.25) is 4.79 Å². The van der Waals surface area contributed by atoms with Gasteiger partial charge in [0.15, 0.2) is 17.3 Å². The standard InChI is InChI=1S/C28H28O6/c1-32-24-14-11-20(12-15-24)8-5-3-4-6-17-34-26-16-13-22(19-25(26)29)27(30)21-9-7-10-23(18-21)28(31)33-2/h5,7-16,18-19,29H,3-4,6,17H2,1-2H3. The Morgan fingerprint density at radius 1 is 0.882 bits per heavy atom. The molecule has 0 atom stereocenters. The van der Waals surface area contributed by atoms with Gasteiger partial charge in [-0.15, -0.1) is 0 Å². The molecular formula is C28H28O6. The van der Waals surface area contributed by atoms with Gasteiger partial charge in [0.2, 0.25) is 0 Å². The lowest BCUT2D eigenvalue weighted by Gasteiger charge is -2.09. The Balaban J connectivity index is 1.47. The number of rotatable bonds is 11. The fraction of sp³-hybridized carbons (Fsp3) is 0.214. The summed E-state index contributed by atoms with van der Waals surface area (Å²) < 4.78 is 15.5. The number of unbranched alkanes of at least 4 members (excludes halogenated alkanes) is 2. The molecule has 176 valence electrons. The summed E-state index contributed by atoms with van der Waals surface area (Å²) in [6.07, 6.45) is 6.88. The smallest absolute Gasteiger partial charge is 0.337 e. The van der Waals surface area contributed by atoms with Crippen molar-refractivity contribution in [2.24, 2.45) is 0 Å². The first-order valence-corrected chi connectivity index (χ1v) is 11.0. The molecule has 0 radical (unpaired) electrons. The third kappa shape index (κ3) is 6.72. The molecule has 0 aliphatic heterocycles. The molecule has 0 heterocycles. The van der Waals surface area contributed by atoms with Crippen LogP contribution in [0.15, 0.2) is 72.8 Å². The summed E-state index contributed by atoms with van der Waals surface area (Å²) in [5, 5.41) is 10.3. The molecule has 3 aromatic rings. The number of ether oxygens (including phenoxy) is 3. The fourth-order valence-corrected chi connectivity index (χ4v) is 3.33. The van der Waals surface area contributed by atoms with Gasteiger partial charge in [0, 0.05) is 11.1 Å². The zero-order valence-electron chi connectivity index (χ0n) is 19.3. The van der Waals surface area contributed by atoms with Crippen LogP contribution in [0.4, 0.5) is 0 Å².